The van der Waals surface area contributed by atoms with Crippen molar-refractivity contribution in [3.8, 4) is 0 Å². The van der Waals surface area contributed by atoms with Gasteiger partial charge < -0.3 is 4.90 Å². The number of carbonyl (C=O) groups excluding carboxylic acids is 2. The van der Waals surface area contributed by atoms with Crippen LogP contribution >= 0.6 is 22.7 Å². The maximum absolute atomic E-state index is 13.0. The molecular formula is C21H29N5O2S2. The highest BCUT2D eigenvalue weighted by molar-refractivity contribution is 7.13. The van der Waals surface area contributed by atoms with Gasteiger partial charge in [-0.25, -0.2) is 4.98 Å². The van der Waals surface area contributed by atoms with Gasteiger partial charge in [-0.1, -0.05) is 39.0 Å². The number of anilines is 1. The summed E-state index contributed by atoms with van der Waals surface area (Å²) < 4.78 is 0. The molecule has 1 saturated carbocycles. The lowest BCUT2D eigenvalue weighted by Crippen LogP contribution is -2.40. The summed E-state index contributed by atoms with van der Waals surface area (Å²) >= 11 is 2.89. The van der Waals surface area contributed by atoms with Crippen LogP contribution in [0.1, 0.15) is 68.9 Å². The van der Waals surface area contributed by atoms with Crippen LogP contribution in [-0.2, 0) is 4.79 Å². The largest absolute Gasteiger partial charge is 0.342 e. The summed E-state index contributed by atoms with van der Waals surface area (Å²) in [5, 5.41) is 11.3. The normalized spacial score (nSPS) is 20.9. The van der Waals surface area contributed by atoms with Crippen molar-refractivity contribution in [2.45, 2.75) is 53.4 Å². The second-order valence-electron chi connectivity index (χ2n) is 9.32. The molecule has 7 nitrogen and oxygen atoms in total. The number of amides is 2. The Balaban J connectivity index is 1.38. The maximum Gasteiger partial charge on any atom is 0.279 e. The SMILES string of the molecule is CCN(C(=O)c1csc(C2CCN(C(=O)C3C(C)(C)C3(C)C)CC2)n1)c1nncs1. The molecule has 2 fully saturated rings. The number of carbonyl (C=O) groups is 2. The van der Waals surface area contributed by atoms with E-state index >= 15 is 0 Å². The fraction of sp³-hybridized carbons (Fsp3) is 0.667. The first kappa shape index (κ1) is 21.4. The standard InChI is InChI=1S/C21H29N5O2S2/c1-6-26(19-24-22-12-30-19)17(27)14-11-29-16(23-14)13-7-9-25(10-8-13)18(28)15-20(2,3)21(15,4)5/h11-13,15H,6-10H2,1-5H3. The minimum atomic E-state index is -0.137. The molecule has 2 aliphatic rings. The monoisotopic (exact) mass is 447 g/mol. The van der Waals surface area contributed by atoms with Crippen LogP contribution in [-0.4, -0.2) is 51.5 Å². The van der Waals surface area contributed by atoms with Gasteiger partial charge in [0.2, 0.25) is 11.0 Å². The zero-order valence-electron chi connectivity index (χ0n) is 18.2. The van der Waals surface area contributed by atoms with Crippen LogP contribution < -0.4 is 4.90 Å². The Morgan fingerprint density at radius 2 is 1.83 bits per heavy atom. The van der Waals surface area contributed by atoms with Crippen LogP contribution in [0.3, 0.4) is 0 Å². The van der Waals surface area contributed by atoms with Crippen molar-refractivity contribution >= 4 is 39.6 Å². The number of rotatable bonds is 5. The molecule has 3 heterocycles. The summed E-state index contributed by atoms with van der Waals surface area (Å²) in [7, 11) is 0. The number of likely N-dealkylation sites (tertiary alicyclic amines) is 1. The third-order valence-corrected chi connectivity index (χ3v) is 9.03. The minimum Gasteiger partial charge on any atom is -0.342 e. The van der Waals surface area contributed by atoms with Crippen LogP contribution in [0.15, 0.2) is 10.9 Å². The molecule has 9 heteroatoms. The van der Waals surface area contributed by atoms with E-state index < -0.39 is 0 Å². The van der Waals surface area contributed by atoms with E-state index in [1.54, 1.807) is 21.7 Å². The van der Waals surface area contributed by atoms with Crippen molar-refractivity contribution in [3.05, 3.63) is 21.6 Å². The quantitative estimate of drug-likeness (QED) is 0.691. The third-order valence-electron chi connectivity index (χ3n) is 7.31. The van der Waals surface area contributed by atoms with Crippen molar-refractivity contribution < 1.29 is 9.59 Å². The Bertz CT molecular complexity index is 915. The summed E-state index contributed by atoms with van der Waals surface area (Å²) in [5.74, 6) is 0.583. The molecule has 30 heavy (non-hydrogen) atoms. The van der Waals surface area contributed by atoms with E-state index in [0.29, 0.717) is 29.2 Å². The van der Waals surface area contributed by atoms with Crippen molar-refractivity contribution in [1.82, 2.24) is 20.1 Å². The highest BCUT2D eigenvalue weighted by Gasteiger charge is 2.68. The van der Waals surface area contributed by atoms with Gasteiger partial charge >= 0.3 is 0 Å². The van der Waals surface area contributed by atoms with Crippen molar-refractivity contribution in [3.63, 3.8) is 0 Å². The Morgan fingerprint density at radius 3 is 2.37 bits per heavy atom. The van der Waals surface area contributed by atoms with Gasteiger partial charge in [0, 0.05) is 36.9 Å². The molecular weight excluding hydrogens is 418 g/mol. The molecule has 2 amide bonds. The maximum atomic E-state index is 13.0. The van der Waals surface area contributed by atoms with E-state index in [9.17, 15) is 9.59 Å². The number of aromatic nitrogens is 3. The van der Waals surface area contributed by atoms with Gasteiger partial charge in [-0.05, 0) is 30.6 Å². The smallest absolute Gasteiger partial charge is 0.279 e. The number of thiazole rings is 1. The first-order valence-electron chi connectivity index (χ1n) is 10.5. The van der Waals surface area contributed by atoms with Gasteiger partial charge in [-0.2, -0.15) is 0 Å². The molecule has 0 unspecified atom stereocenters. The summed E-state index contributed by atoms with van der Waals surface area (Å²) in [5.41, 5.74) is 2.23. The van der Waals surface area contributed by atoms with Gasteiger partial charge in [-0.15, -0.1) is 21.5 Å². The molecule has 1 aliphatic carbocycles. The number of nitrogens with zero attached hydrogens (tertiary/aromatic N) is 5. The molecule has 0 radical (unpaired) electrons. The first-order chi connectivity index (χ1) is 14.2. The molecule has 4 rings (SSSR count). The zero-order valence-corrected chi connectivity index (χ0v) is 19.8. The van der Waals surface area contributed by atoms with Gasteiger partial charge in [-0.3, -0.25) is 14.5 Å². The summed E-state index contributed by atoms with van der Waals surface area (Å²) in [6, 6.07) is 0. The second-order valence-corrected chi connectivity index (χ2v) is 11.0. The topological polar surface area (TPSA) is 79.3 Å². The highest BCUT2D eigenvalue weighted by atomic mass is 32.1. The molecule has 0 aromatic carbocycles. The average molecular weight is 448 g/mol. The summed E-state index contributed by atoms with van der Waals surface area (Å²) in [4.78, 5) is 34.2. The zero-order chi connectivity index (χ0) is 21.7. The van der Waals surface area contributed by atoms with E-state index in [4.69, 9.17) is 0 Å². The first-order valence-corrected chi connectivity index (χ1v) is 12.3. The molecule has 1 saturated heterocycles. The van der Waals surface area contributed by atoms with Crippen LogP contribution in [0.2, 0.25) is 0 Å². The van der Waals surface area contributed by atoms with Crippen molar-refractivity contribution in [2.75, 3.05) is 24.5 Å². The van der Waals surface area contributed by atoms with Gasteiger partial charge in [0.1, 0.15) is 11.2 Å². The number of hydrogen-bond donors (Lipinski definition) is 0. The third kappa shape index (κ3) is 3.45. The van der Waals surface area contributed by atoms with E-state index in [1.165, 1.54) is 11.3 Å². The lowest BCUT2D eigenvalue weighted by molar-refractivity contribution is -0.134. The Kier molecular flexibility index (Phi) is 5.47. The average Bonchev–Trinajstić information content (AvgIpc) is 3.25. The van der Waals surface area contributed by atoms with E-state index in [2.05, 4.69) is 42.9 Å². The predicted octanol–water partition coefficient (Wildman–Crippen LogP) is 4.05. The van der Waals surface area contributed by atoms with Gasteiger partial charge in [0.25, 0.3) is 5.91 Å². The van der Waals surface area contributed by atoms with E-state index in [-0.39, 0.29) is 22.7 Å². The predicted molar refractivity (Wildman–Crippen MR) is 119 cm³/mol. The molecule has 162 valence electrons. The van der Waals surface area contributed by atoms with Gasteiger partial charge in [0.05, 0.1) is 5.01 Å². The van der Waals surface area contributed by atoms with Crippen LogP contribution in [0.4, 0.5) is 5.13 Å². The van der Waals surface area contributed by atoms with Crippen molar-refractivity contribution in [1.29, 1.82) is 0 Å². The molecule has 0 bridgehead atoms. The van der Waals surface area contributed by atoms with Crippen LogP contribution in [0.5, 0.6) is 0 Å². The Labute approximate surface area is 185 Å². The molecule has 0 N–H and O–H groups in total. The molecule has 2 aromatic rings. The lowest BCUT2D eigenvalue weighted by Gasteiger charge is -2.32. The fourth-order valence-electron chi connectivity index (χ4n) is 4.71. The van der Waals surface area contributed by atoms with Crippen LogP contribution in [0, 0.1) is 16.7 Å². The molecule has 1 aliphatic heterocycles. The molecule has 0 atom stereocenters. The summed E-state index contributed by atoms with van der Waals surface area (Å²) in [6.45, 7) is 12.7. The molecule has 0 spiro atoms. The Hall–Kier alpha value is -1.87. The fourth-order valence-corrected chi connectivity index (χ4v) is 6.29. The number of piperidine rings is 1. The molecule has 2 aromatic heterocycles. The van der Waals surface area contributed by atoms with Crippen LogP contribution in [0.25, 0.3) is 0 Å². The van der Waals surface area contributed by atoms with Crippen molar-refractivity contribution in [2.24, 2.45) is 16.7 Å². The van der Waals surface area contributed by atoms with Gasteiger partial charge in [0.15, 0.2) is 0 Å². The van der Waals surface area contributed by atoms with E-state index in [1.807, 2.05) is 17.2 Å². The van der Waals surface area contributed by atoms with E-state index in [0.717, 1.165) is 30.9 Å². The second kappa shape index (κ2) is 7.67. The summed E-state index contributed by atoms with van der Waals surface area (Å²) in [6.07, 6.45) is 1.79. The Morgan fingerprint density at radius 1 is 1.17 bits per heavy atom. The number of hydrogen-bond acceptors (Lipinski definition) is 7. The lowest BCUT2D eigenvalue weighted by atomic mass is 9.96. The minimum absolute atomic E-state index is 0.0730. The highest BCUT2D eigenvalue weighted by Crippen LogP contribution is 2.68.